The van der Waals surface area contributed by atoms with Gasteiger partial charge in [0.25, 0.3) is 0 Å². The summed E-state index contributed by atoms with van der Waals surface area (Å²) >= 11 is 1.45. The second-order valence-electron chi connectivity index (χ2n) is 5.26. The number of aryl methyl sites for hydroxylation is 2. The van der Waals surface area contributed by atoms with Crippen LogP contribution in [0.15, 0.2) is 11.4 Å². The Kier molecular flexibility index (Phi) is 3.83. The number of hydrogen-bond acceptors (Lipinski definition) is 6. The van der Waals surface area contributed by atoms with Gasteiger partial charge in [-0.05, 0) is 32.8 Å². The fourth-order valence-electron chi connectivity index (χ4n) is 1.99. The van der Waals surface area contributed by atoms with Crippen LogP contribution < -0.4 is 10.6 Å². The lowest BCUT2D eigenvalue weighted by atomic mass is 10.3. The predicted octanol–water partition coefficient (Wildman–Crippen LogP) is 2.11. The summed E-state index contributed by atoms with van der Waals surface area (Å²) in [6.45, 7) is 3.85. The SMILES string of the molecule is Cc1cc(C)nc(Nc2nc(CC(=O)NC3CC3)cs2)n1. The van der Waals surface area contributed by atoms with Crippen molar-refractivity contribution in [3.63, 3.8) is 0 Å². The lowest BCUT2D eigenvalue weighted by Crippen LogP contribution is -2.27. The van der Waals surface area contributed by atoms with Crippen molar-refractivity contribution in [2.45, 2.75) is 39.2 Å². The van der Waals surface area contributed by atoms with Crippen LogP contribution in [0.5, 0.6) is 0 Å². The van der Waals surface area contributed by atoms with Gasteiger partial charge in [0.1, 0.15) is 0 Å². The predicted molar refractivity (Wildman–Crippen MR) is 81.8 cm³/mol. The molecule has 0 bridgehead atoms. The van der Waals surface area contributed by atoms with Crippen LogP contribution in [0.2, 0.25) is 0 Å². The minimum Gasteiger partial charge on any atom is -0.353 e. The summed E-state index contributed by atoms with van der Waals surface area (Å²) in [7, 11) is 0. The van der Waals surface area contributed by atoms with Crippen molar-refractivity contribution in [1.82, 2.24) is 20.3 Å². The number of nitrogens with zero attached hydrogens (tertiary/aromatic N) is 3. The maximum Gasteiger partial charge on any atom is 0.229 e. The van der Waals surface area contributed by atoms with Crippen LogP contribution in [0.1, 0.15) is 29.9 Å². The van der Waals surface area contributed by atoms with Crippen molar-refractivity contribution in [2.24, 2.45) is 0 Å². The van der Waals surface area contributed by atoms with Gasteiger partial charge in [0.2, 0.25) is 11.9 Å². The highest BCUT2D eigenvalue weighted by atomic mass is 32.1. The van der Waals surface area contributed by atoms with Crippen molar-refractivity contribution < 1.29 is 4.79 Å². The van der Waals surface area contributed by atoms with Crippen molar-refractivity contribution in [3.05, 3.63) is 28.5 Å². The number of carbonyl (C=O) groups is 1. The van der Waals surface area contributed by atoms with E-state index in [9.17, 15) is 4.79 Å². The average Bonchev–Trinajstić information content (AvgIpc) is 3.08. The molecular weight excluding hydrogens is 286 g/mol. The van der Waals surface area contributed by atoms with E-state index in [-0.39, 0.29) is 5.91 Å². The van der Waals surface area contributed by atoms with Crippen molar-refractivity contribution in [1.29, 1.82) is 0 Å². The number of amides is 1. The zero-order valence-corrected chi connectivity index (χ0v) is 12.8. The standard InChI is InChI=1S/C14H17N5OS/c1-8-5-9(2)16-13(15-8)19-14-18-11(7-21-14)6-12(20)17-10-3-4-10/h5,7,10H,3-4,6H2,1-2H3,(H,17,20)(H,15,16,18,19). The molecule has 0 radical (unpaired) electrons. The molecule has 0 spiro atoms. The highest BCUT2D eigenvalue weighted by Crippen LogP contribution is 2.21. The molecule has 2 N–H and O–H groups in total. The molecule has 0 saturated heterocycles. The summed E-state index contributed by atoms with van der Waals surface area (Å²) in [6, 6.07) is 2.30. The second-order valence-corrected chi connectivity index (χ2v) is 6.12. The zero-order chi connectivity index (χ0) is 14.8. The minimum atomic E-state index is 0.0389. The normalized spacial score (nSPS) is 14.0. The van der Waals surface area contributed by atoms with Gasteiger partial charge in [-0.2, -0.15) is 0 Å². The maximum absolute atomic E-state index is 11.7. The zero-order valence-electron chi connectivity index (χ0n) is 12.0. The summed E-state index contributed by atoms with van der Waals surface area (Å²) in [4.78, 5) is 24.8. The van der Waals surface area contributed by atoms with E-state index in [1.165, 1.54) is 11.3 Å². The van der Waals surface area contributed by atoms with Crippen molar-refractivity contribution in [3.8, 4) is 0 Å². The smallest absolute Gasteiger partial charge is 0.229 e. The van der Waals surface area contributed by atoms with Crippen LogP contribution in [0.4, 0.5) is 11.1 Å². The molecule has 2 heterocycles. The molecule has 1 aliphatic carbocycles. The topological polar surface area (TPSA) is 79.8 Å². The molecule has 0 atom stereocenters. The van der Waals surface area contributed by atoms with Gasteiger partial charge in [-0.15, -0.1) is 11.3 Å². The second kappa shape index (κ2) is 5.77. The molecular formula is C14H17N5OS. The number of thiazole rings is 1. The molecule has 110 valence electrons. The Morgan fingerprint density at radius 1 is 1.29 bits per heavy atom. The Morgan fingerprint density at radius 2 is 2.00 bits per heavy atom. The Bertz CT molecular complexity index is 645. The van der Waals surface area contributed by atoms with Gasteiger partial charge in [-0.25, -0.2) is 15.0 Å². The molecule has 6 nitrogen and oxygen atoms in total. The third-order valence-corrected chi connectivity index (χ3v) is 3.84. The van der Waals surface area contributed by atoms with Gasteiger partial charge < -0.3 is 10.6 Å². The molecule has 1 amide bonds. The lowest BCUT2D eigenvalue weighted by Gasteiger charge is -2.03. The van der Waals surface area contributed by atoms with Gasteiger partial charge in [-0.1, -0.05) is 0 Å². The summed E-state index contributed by atoms with van der Waals surface area (Å²) < 4.78 is 0. The molecule has 21 heavy (non-hydrogen) atoms. The number of hydrogen-bond donors (Lipinski definition) is 2. The van der Waals surface area contributed by atoms with E-state index in [0.717, 1.165) is 29.9 Å². The van der Waals surface area contributed by atoms with Gasteiger partial charge in [0.05, 0.1) is 12.1 Å². The molecule has 7 heteroatoms. The monoisotopic (exact) mass is 303 g/mol. The van der Waals surface area contributed by atoms with Crippen LogP contribution >= 0.6 is 11.3 Å². The van der Waals surface area contributed by atoms with Crippen molar-refractivity contribution >= 4 is 28.3 Å². The third kappa shape index (κ3) is 3.98. The first-order valence-corrected chi connectivity index (χ1v) is 7.79. The first-order valence-electron chi connectivity index (χ1n) is 6.91. The fraction of sp³-hybridized carbons (Fsp3) is 0.429. The minimum absolute atomic E-state index is 0.0389. The Labute approximate surface area is 127 Å². The van der Waals surface area contributed by atoms with Gasteiger partial charge in [0.15, 0.2) is 5.13 Å². The summed E-state index contributed by atoms with van der Waals surface area (Å²) in [5.74, 6) is 0.577. The molecule has 2 aromatic rings. The molecule has 0 aromatic carbocycles. The Hall–Kier alpha value is -2.02. The molecule has 1 aliphatic rings. The lowest BCUT2D eigenvalue weighted by molar-refractivity contribution is -0.120. The van der Waals surface area contributed by atoms with E-state index < -0.39 is 0 Å². The van der Waals surface area contributed by atoms with Crippen LogP contribution in [-0.4, -0.2) is 26.9 Å². The van der Waals surface area contributed by atoms with Crippen molar-refractivity contribution in [2.75, 3.05) is 5.32 Å². The first kappa shape index (κ1) is 13.9. The van der Waals surface area contributed by atoms with Crippen LogP contribution in [-0.2, 0) is 11.2 Å². The van der Waals surface area contributed by atoms with E-state index in [4.69, 9.17) is 0 Å². The molecule has 0 aliphatic heterocycles. The Morgan fingerprint density at radius 3 is 2.67 bits per heavy atom. The van der Waals surface area contributed by atoms with Crippen LogP contribution in [0, 0.1) is 13.8 Å². The molecule has 3 rings (SSSR count). The molecule has 1 saturated carbocycles. The summed E-state index contributed by atoms with van der Waals surface area (Å²) in [6.07, 6.45) is 2.52. The van der Waals surface area contributed by atoms with Gasteiger partial charge in [0, 0.05) is 22.8 Å². The number of aromatic nitrogens is 3. The van der Waals surface area contributed by atoms with E-state index in [2.05, 4.69) is 25.6 Å². The number of rotatable bonds is 5. The third-order valence-electron chi connectivity index (χ3n) is 3.04. The summed E-state index contributed by atoms with van der Waals surface area (Å²) in [5, 5.41) is 8.63. The maximum atomic E-state index is 11.7. The van der Waals surface area contributed by atoms with Gasteiger partial charge >= 0.3 is 0 Å². The average molecular weight is 303 g/mol. The fourth-order valence-corrected chi connectivity index (χ4v) is 2.70. The summed E-state index contributed by atoms with van der Waals surface area (Å²) in [5.41, 5.74) is 2.58. The van der Waals surface area contributed by atoms with E-state index in [1.54, 1.807) is 0 Å². The molecule has 2 aromatic heterocycles. The van der Waals surface area contributed by atoms with Crippen LogP contribution in [0.3, 0.4) is 0 Å². The van der Waals surface area contributed by atoms with E-state index >= 15 is 0 Å². The highest BCUT2D eigenvalue weighted by molar-refractivity contribution is 7.13. The Balaban J connectivity index is 1.62. The van der Waals surface area contributed by atoms with E-state index in [0.29, 0.717) is 23.5 Å². The number of anilines is 2. The quantitative estimate of drug-likeness (QED) is 0.884. The first-order chi connectivity index (χ1) is 10.1. The molecule has 1 fully saturated rings. The molecule has 0 unspecified atom stereocenters. The largest absolute Gasteiger partial charge is 0.353 e. The number of nitrogens with one attached hydrogen (secondary N) is 2. The number of carbonyl (C=O) groups excluding carboxylic acids is 1. The van der Waals surface area contributed by atoms with Gasteiger partial charge in [-0.3, -0.25) is 4.79 Å². The van der Waals surface area contributed by atoms with Crippen LogP contribution in [0.25, 0.3) is 0 Å². The highest BCUT2D eigenvalue weighted by Gasteiger charge is 2.23. The van der Waals surface area contributed by atoms with E-state index in [1.807, 2.05) is 25.3 Å².